The van der Waals surface area contributed by atoms with E-state index in [1.54, 1.807) is 0 Å². The first kappa shape index (κ1) is 15.1. The number of aromatic nitrogens is 2. The molecule has 0 N–H and O–H groups in total. The number of unbranched alkanes of at least 4 members (excludes halogenated alkanes) is 5. The third kappa shape index (κ3) is 6.13. The monoisotopic (exact) mass is 248 g/mol. The van der Waals surface area contributed by atoms with Gasteiger partial charge in [-0.05, 0) is 18.9 Å². The first-order valence-electron chi connectivity index (χ1n) is 7.65. The van der Waals surface area contributed by atoms with Crippen molar-refractivity contribution < 1.29 is 0 Å². The van der Waals surface area contributed by atoms with Crippen LogP contribution in [-0.2, 0) is 0 Å². The Morgan fingerprint density at radius 3 is 2.00 bits per heavy atom. The molecule has 0 aliphatic heterocycles. The normalized spacial score (nSPS) is 12.6. The maximum atomic E-state index is 4.45. The lowest BCUT2D eigenvalue weighted by Crippen LogP contribution is -2.04. The molecule has 0 aromatic carbocycles. The lowest BCUT2D eigenvalue weighted by molar-refractivity contribution is 0.483. The zero-order chi connectivity index (χ0) is 13.1. The second-order valence-corrected chi connectivity index (χ2v) is 5.15. The van der Waals surface area contributed by atoms with Gasteiger partial charge in [0.2, 0.25) is 0 Å². The van der Waals surface area contributed by atoms with Crippen LogP contribution in [0.3, 0.4) is 0 Å². The van der Waals surface area contributed by atoms with Gasteiger partial charge < -0.3 is 0 Å². The zero-order valence-electron chi connectivity index (χ0n) is 12.1. The van der Waals surface area contributed by atoms with E-state index in [4.69, 9.17) is 0 Å². The van der Waals surface area contributed by atoms with Crippen LogP contribution in [0.2, 0.25) is 0 Å². The molecule has 102 valence electrons. The van der Waals surface area contributed by atoms with E-state index in [2.05, 4.69) is 23.8 Å². The third-order valence-corrected chi connectivity index (χ3v) is 3.51. The predicted molar refractivity (Wildman–Crippen MR) is 77.7 cm³/mol. The van der Waals surface area contributed by atoms with Gasteiger partial charge in [0.15, 0.2) is 0 Å². The van der Waals surface area contributed by atoms with Crippen molar-refractivity contribution in [3.63, 3.8) is 0 Å². The number of rotatable bonds is 10. The van der Waals surface area contributed by atoms with Gasteiger partial charge in [-0.15, -0.1) is 0 Å². The fourth-order valence-electron chi connectivity index (χ4n) is 2.38. The Labute approximate surface area is 112 Å². The molecule has 18 heavy (non-hydrogen) atoms. The zero-order valence-corrected chi connectivity index (χ0v) is 12.1. The van der Waals surface area contributed by atoms with Crippen LogP contribution in [0.5, 0.6) is 0 Å². The Bertz CT molecular complexity index is 284. The summed E-state index contributed by atoms with van der Waals surface area (Å²) in [6.45, 7) is 4.52. The Morgan fingerprint density at radius 2 is 1.39 bits per heavy atom. The molecule has 1 unspecified atom stereocenters. The highest BCUT2D eigenvalue weighted by molar-refractivity contribution is 4.96. The maximum absolute atomic E-state index is 4.45. The summed E-state index contributed by atoms with van der Waals surface area (Å²) in [5.41, 5.74) is 0. The van der Waals surface area contributed by atoms with Crippen molar-refractivity contribution in [3.8, 4) is 0 Å². The lowest BCUT2D eigenvalue weighted by atomic mass is 9.94. The number of nitrogens with zero attached hydrogens (tertiary/aromatic N) is 2. The van der Waals surface area contributed by atoms with E-state index in [1.807, 2.05) is 18.5 Å². The molecule has 0 aliphatic carbocycles. The van der Waals surface area contributed by atoms with E-state index in [9.17, 15) is 0 Å². The largest absolute Gasteiger partial charge is 0.241 e. The van der Waals surface area contributed by atoms with Gasteiger partial charge in [-0.2, -0.15) is 0 Å². The molecule has 0 saturated heterocycles. The molecule has 0 fully saturated rings. The minimum absolute atomic E-state index is 0.578. The highest BCUT2D eigenvalue weighted by atomic mass is 14.9. The van der Waals surface area contributed by atoms with Crippen molar-refractivity contribution in [2.45, 2.75) is 77.6 Å². The number of hydrogen-bond acceptors (Lipinski definition) is 2. The van der Waals surface area contributed by atoms with Crippen molar-refractivity contribution in [1.82, 2.24) is 9.97 Å². The van der Waals surface area contributed by atoms with Crippen molar-refractivity contribution in [2.24, 2.45) is 0 Å². The Balaban J connectivity index is 2.42. The average molecular weight is 248 g/mol. The molecule has 2 nitrogen and oxygen atoms in total. The summed E-state index contributed by atoms with van der Waals surface area (Å²) in [6, 6.07) is 1.91. The van der Waals surface area contributed by atoms with Crippen LogP contribution in [0.1, 0.15) is 83.4 Å². The van der Waals surface area contributed by atoms with Crippen LogP contribution < -0.4 is 0 Å². The standard InChI is InChI=1S/C16H28N2/c1-3-5-7-9-12-15(11-8-6-4-2)16-17-13-10-14-18-16/h10,13-15H,3-9,11-12H2,1-2H3. The van der Waals surface area contributed by atoms with Crippen LogP contribution >= 0.6 is 0 Å². The molecule has 0 saturated carbocycles. The van der Waals surface area contributed by atoms with Gasteiger partial charge >= 0.3 is 0 Å². The highest BCUT2D eigenvalue weighted by Crippen LogP contribution is 2.25. The Hall–Kier alpha value is -0.920. The molecule has 2 heteroatoms. The summed E-state index contributed by atoms with van der Waals surface area (Å²) in [7, 11) is 0. The summed E-state index contributed by atoms with van der Waals surface area (Å²) in [5.74, 6) is 1.64. The van der Waals surface area contributed by atoms with Crippen LogP contribution in [0.25, 0.3) is 0 Å². The fraction of sp³-hybridized carbons (Fsp3) is 0.750. The molecule has 0 amide bonds. The molecule has 0 aliphatic rings. The maximum Gasteiger partial charge on any atom is 0.131 e. The summed E-state index contributed by atoms with van der Waals surface area (Å²) in [5, 5.41) is 0. The fourth-order valence-corrected chi connectivity index (χ4v) is 2.38. The van der Waals surface area contributed by atoms with Crippen molar-refractivity contribution >= 4 is 0 Å². The van der Waals surface area contributed by atoms with Gasteiger partial charge in [-0.1, -0.05) is 58.8 Å². The second-order valence-electron chi connectivity index (χ2n) is 5.15. The van der Waals surface area contributed by atoms with E-state index in [-0.39, 0.29) is 0 Å². The number of hydrogen-bond donors (Lipinski definition) is 0. The summed E-state index contributed by atoms with van der Waals surface area (Å²) in [4.78, 5) is 8.89. The van der Waals surface area contributed by atoms with Gasteiger partial charge in [0.25, 0.3) is 0 Å². The van der Waals surface area contributed by atoms with Crippen LogP contribution in [-0.4, -0.2) is 9.97 Å². The topological polar surface area (TPSA) is 25.8 Å². The minimum Gasteiger partial charge on any atom is -0.241 e. The van der Waals surface area contributed by atoms with E-state index >= 15 is 0 Å². The molecule has 1 aromatic heterocycles. The summed E-state index contributed by atoms with van der Waals surface area (Å²) in [6.07, 6.45) is 15.5. The Morgan fingerprint density at radius 1 is 0.833 bits per heavy atom. The van der Waals surface area contributed by atoms with E-state index in [1.165, 1.54) is 57.8 Å². The SMILES string of the molecule is CCCCCCC(CCCCC)c1ncccn1. The van der Waals surface area contributed by atoms with Crippen LogP contribution in [0.15, 0.2) is 18.5 Å². The molecule has 1 aromatic rings. The molecule has 0 bridgehead atoms. The van der Waals surface area contributed by atoms with Gasteiger partial charge in [-0.25, -0.2) is 9.97 Å². The van der Waals surface area contributed by atoms with Gasteiger partial charge in [0.1, 0.15) is 5.82 Å². The molecular weight excluding hydrogens is 220 g/mol. The summed E-state index contributed by atoms with van der Waals surface area (Å²) < 4.78 is 0. The van der Waals surface area contributed by atoms with E-state index in [0.29, 0.717) is 5.92 Å². The first-order valence-corrected chi connectivity index (χ1v) is 7.65. The predicted octanol–water partition coefficient (Wildman–Crippen LogP) is 5.11. The molecule has 1 heterocycles. The molecular formula is C16H28N2. The smallest absolute Gasteiger partial charge is 0.131 e. The quantitative estimate of drug-likeness (QED) is 0.538. The van der Waals surface area contributed by atoms with Gasteiger partial charge in [-0.3, -0.25) is 0 Å². The third-order valence-electron chi connectivity index (χ3n) is 3.51. The van der Waals surface area contributed by atoms with Crippen LogP contribution in [0.4, 0.5) is 0 Å². The van der Waals surface area contributed by atoms with Crippen molar-refractivity contribution in [2.75, 3.05) is 0 Å². The lowest BCUT2D eigenvalue weighted by Gasteiger charge is -2.15. The minimum atomic E-state index is 0.578. The van der Waals surface area contributed by atoms with Crippen LogP contribution in [0, 0.1) is 0 Å². The van der Waals surface area contributed by atoms with E-state index < -0.39 is 0 Å². The average Bonchev–Trinajstić information content (AvgIpc) is 2.42. The van der Waals surface area contributed by atoms with Gasteiger partial charge in [0.05, 0.1) is 0 Å². The molecule has 0 spiro atoms. The second kappa shape index (κ2) is 10.0. The van der Waals surface area contributed by atoms with E-state index in [0.717, 1.165) is 5.82 Å². The molecule has 0 radical (unpaired) electrons. The first-order chi connectivity index (χ1) is 8.88. The highest BCUT2D eigenvalue weighted by Gasteiger charge is 2.13. The molecule has 1 rings (SSSR count). The van der Waals surface area contributed by atoms with Gasteiger partial charge in [0, 0.05) is 18.3 Å². The Kier molecular flexibility index (Phi) is 8.45. The van der Waals surface area contributed by atoms with Crippen molar-refractivity contribution in [3.05, 3.63) is 24.3 Å². The molecule has 1 atom stereocenters. The van der Waals surface area contributed by atoms with Crippen molar-refractivity contribution in [1.29, 1.82) is 0 Å². The summed E-state index contributed by atoms with van der Waals surface area (Å²) >= 11 is 0.